The lowest BCUT2D eigenvalue weighted by molar-refractivity contribution is 0.558. The first kappa shape index (κ1) is 13.2. The fourth-order valence-corrected chi connectivity index (χ4v) is 3.17. The topological polar surface area (TPSA) is 24.9 Å². The van der Waals surface area contributed by atoms with E-state index < -0.39 is 0 Å². The highest BCUT2D eigenvalue weighted by atomic mass is 32.1. The van der Waals surface area contributed by atoms with E-state index in [4.69, 9.17) is 0 Å². The zero-order valence-corrected chi connectivity index (χ0v) is 12.1. The smallest absolute Gasteiger partial charge is 0.0455 e. The third-order valence-electron chi connectivity index (χ3n) is 3.17. The van der Waals surface area contributed by atoms with Crippen LogP contribution in [0, 0.1) is 13.8 Å². The third-order valence-corrected chi connectivity index (χ3v) is 4.43. The van der Waals surface area contributed by atoms with E-state index in [-0.39, 0.29) is 0 Å². The molecule has 0 saturated carbocycles. The zero-order valence-electron chi connectivity index (χ0n) is 11.2. The number of nitrogens with one attached hydrogen (secondary N) is 1. The van der Waals surface area contributed by atoms with Gasteiger partial charge in [0.25, 0.3) is 0 Å². The highest BCUT2D eigenvalue weighted by Gasteiger charge is 2.14. The highest BCUT2D eigenvalue weighted by Crippen LogP contribution is 2.28. The molecule has 0 bridgehead atoms. The molecule has 18 heavy (non-hydrogen) atoms. The minimum absolute atomic E-state index is 0.412. The summed E-state index contributed by atoms with van der Waals surface area (Å²) in [5.74, 6) is 0. The van der Waals surface area contributed by atoms with Gasteiger partial charge in [0, 0.05) is 28.2 Å². The molecular formula is C15H20N2S. The van der Waals surface area contributed by atoms with E-state index >= 15 is 0 Å². The summed E-state index contributed by atoms with van der Waals surface area (Å²) in [5.41, 5.74) is 2.73. The van der Waals surface area contributed by atoms with Gasteiger partial charge < -0.3 is 5.32 Å². The number of aromatic nitrogens is 1. The maximum atomic E-state index is 4.07. The van der Waals surface area contributed by atoms with Crippen LogP contribution in [0.1, 0.15) is 33.8 Å². The van der Waals surface area contributed by atoms with Gasteiger partial charge in [-0.25, -0.2) is 0 Å². The van der Waals surface area contributed by atoms with Crippen molar-refractivity contribution in [1.29, 1.82) is 0 Å². The highest BCUT2D eigenvalue weighted by molar-refractivity contribution is 7.12. The Morgan fingerprint density at radius 3 is 2.56 bits per heavy atom. The molecule has 1 atom stereocenters. The van der Waals surface area contributed by atoms with Crippen molar-refractivity contribution in [2.24, 2.45) is 0 Å². The monoisotopic (exact) mass is 260 g/mol. The van der Waals surface area contributed by atoms with Gasteiger partial charge in [-0.2, -0.15) is 0 Å². The molecule has 0 aliphatic heterocycles. The summed E-state index contributed by atoms with van der Waals surface area (Å²) in [7, 11) is 0. The van der Waals surface area contributed by atoms with Crippen LogP contribution < -0.4 is 5.32 Å². The SMILES string of the molecule is CCNC(Cc1ccncc1)c1cc(C)c(C)s1. The lowest BCUT2D eigenvalue weighted by Crippen LogP contribution is -2.22. The molecule has 0 spiro atoms. The summed E-state index contributed by atoms with van der Waals surface area (Å²) in [5, 5.41) is 3.58. The minimum Gasteiger partial charge on any atom is -0.309 e. The molecule has 0 aliphatic carbocycles. The van der Waals surface area contributed by atoms with Crippen molar-refractivity contribution in [1.82, 2.24) is 10.3 Å². The summed E-state index contributed by atoms with van der Waals surface area (Å²) < 4.78 is 0. The van der Waals surface area contributed by atoms with E-state index in [0.717, 1.165) is 13.0 Å². The first-order chi connectivity index (χ1) is 8.70. The molecule has 0 fully saturated rings. The van der Waals surface area contributed by atoms with E-state index in [1.807, 2.05) is 23.7 Å². The summed E-state index contributed by atoms with van der Waals surface area (Å²) in [4.78, 5) is 6.92. The van der Waals surface area contributed by atoms with Gasteiger partial charge in [0.1, 0.15) is 0 Å². The van der Waals surface area contributed by atoms with E-state index in [1.54, 1.807) is 0 Å². The van der Waals surface area contributed by atoms with Crippen molar-refractivity contribution in [2.45, 2.75) is 33.2 Å². The van der Waals surface area contributed by atoms with Crippen molar-refractivity contribution >= 4 is 11.3 Å². The van der Waals surface area contributed by atoms with E-state index in [9.17, 15) is 0 Å². The van der Waals surface area contributed by atoms with Crippen LogP contribution >= 0.6 is 11.3 Å². The van der Waals surface area contributed by atoms with Gasteiger partial charge >= 0.3 is 0 Å². The molecule has 0 aromatic carbocycles. The van der Waals surface area contributed by atoms with Gasteiger partial charge in [0.2, 0.25) is 0 Å². The second-order valence-electron chi connectivity index (χ2n) is 4.56. The average Bonchev–Trinajstić information content (AvgIpc) is 2.70. The van der Waals surface area contributed by atoms with Gasteiger partial charge in [0.15, 0.2) is 0 Å². The van der Waals surface area contributed by atoms with E-state index in [2.05, 4.69) is 49.3 Å². The average molecular weight is 260 g/mol. The molecule has 96 valence electrons. The quantitative estimate of drug-likeness (QED) is 0.887. The zero-order chi connectivity index (χ0) is 13.0. The summed E-state index contributed by atoms with van der Waals surface area (Å²) in [6.07, 6.45) is 4.75. The Morgan fingerprint density at radius 1 is 1.28 bits per heavy atom. The standard InChI is InChI=1S/C15H20N2S/c1-4-17-14(10-13-5-7-16-8-6-13)15-9-11(2)12(3)18-15/h5-9,14,17H,4,10H2,1-3H3. The number of aryl methyl sites for hydroxylation is 2. The fourth-order valence-electron chi connectivity index (χ4n) is 2.05. The molecule has 2 aromatic rings. The fraction of sp³-hybridized carbons (Fsp3) is 0.400. The minimum atomic E-state index is 0.412. The van der Waals surface area contributed by atoms with E-state index in [1.165, 1.54) is 20.9 Å². The number of nitrogens with zero attached hydrogens (tertiary/aromatic N) is 1. The van der Waals surface area contributed by atoms with E-state index in [0.29, 0.717) is 6.04 Å². The Labute approximate surface area is 113 Å². The Balaban J connectivity index is 2.18. The predicted octanol–water partition coefficient (Wildman–Crippen LogP) is 3.65. The van der Waals surface area contributed by atoms with Crippen LogP contribution in [0.2, 0.25) is 0 Å². The van der Waals surface area contributed by atoms with Crippen molar-refractivity contribution in [2.75, 3.05) is 6.54 Å². The number of pyridine rings is 1. The lowest BCUT2D eigenvalue weighted by atomic mass is 10.1. The Hall–Kier alpha value is -1.19. The van der Waals surface area contributed by atoms with Crippen molar-refractivity contribution in [3.8, 4) is 0 Å². The van der Waals surface area contributed by atoms with Gasteiger partial charge in [-0.15, -0.1) is 11.3 Å². The maximum absolute atomic E-state index is 4.07. The number of hydrogen-bond acceptors (Lipinski definition) is 3. The number of thiophene rings is 1. The van der Waals surface area contributed by atoms with Gasteiger partial charge in [-0.05, 0) is 56.1 Å². The van der Waals surface area contributed by atoms with Crippen LogP contribution in [0.4, 0.5) is 0 Å². The molecule has 1 N–H and O–H groups in total. The number of rotatable bonds is 5. The van der Waals surface area contributed by atoms with Crippen molar-refractivity contribution < 1.29 is 0 Å². The second kappa shape index (κ2) is 6.12. The molecule has 2 rings (SSSR count). The summed E-state index contributed by atoms with van der Waals surface area (Å²) in [6, 6.07) is 6.92. The normalized spacial score (nSPS) is 12.6. The first-order valence-electron chi connectivity index (χ1n) is 6.40. The molecule has 3 heteroatoms. The summed E-state index contributed by atoms with van der Waals surface area (Å²) >= 11 is 1.90. The Morgan fingerprint density at radius 2 is 2.00 bits per heavy atom. The second-order valence-corrected chi connectivity index (χ2v) is 5.85. The number of likely N-dealkylation sites (N-methyl/N-ethyl adjacent to an activating group) is 1. The molecular weight excluding hydrogens is 240 g/mol. The van der Waals surface area contributed by atoms with Gasteiger partial charge in [-0.1, -0.05) is 6.92 Å². The molecule has 2 heterocycles. The first-order valence-corrected chi connectivity index (χ1v) is 7.21. The largest absolute Gasteiger partial charge is 0.309 e. The van der Waals surface area contributed by atoms with Crippen LogP contribution in [0.25, 0.3) is 0 Å². The molecule has 1 unspecified atom stereocenters. The van der Waals surface area contributed by atoms with Gasteiger partial charge in [-0.3, -0.25) is 4.98 Å². The lowest BCUT2D eigenvalue weighted by Gasteiger charge is -2.16. The van der Waals surface area contributed by atoms with Crippen LogP contribution in [-0.4, -0.2) is 11.5 Å². The van der Waals surface area contributed by atoms with Crippen LogP contribution in [-0.2, 0) is 6.42 Å². The third kappa shape index (κ3) is 3.18. The Kier molecular flexibility index (Phi) is 4.50. The molecule has 0 radical (unpaired) electrons. The van der Waals surface area contributed by atoms with Crippen LogP contribution in [0.5, 0.6) is 0 Å². The van der Waals surface area contributed by atoms with Gasteiger partial charge in [0.05, 0.1) is 0 Å². The molecule has 0 amide bonds. The van der Waals surface area contributed by atoms with Crippen molar-refractivity contribution in [3.63, 3.8) is 0 Å². The predicted molar refractivity (Wildman–Crippen MR) is 78.2 cm³/mol. The summed E-state index contributed by atoms with van der Waals surface area (Å²) in [6.45, 7) is 7.53. The molecule has 0 aliphatic rings. The molecule has 2 nitrogen and oxygen atoms in total. The maximum Gasteiger partial charge on any atom is 0.0455 e. The van der Waals surface area contributed by atoms with Crippen LogP contribution in [0.15, 0.2) is 30.6 Å². The van der Waals surface area contributed by atoms with Crippen molar-refractivity contribution in [3.05, 3.63) is 51.5 Å². The Bertz CT molecular complexity index is 471. The molecule has 2 aromatic heterocycles. The molecule has 0 saturated heterocycles. The van der Waals surface area contributed by atoms with Crippen LogP contribution in [0.3, 0.4) is 0 Å². The number of hydrogen-bond donors (Lipinski definition) is 1.